The molecule has 0 radical (unpaired) electrons. The van der Waals surface area contributed by atoms with Crippen LogP contribution in [0.1, 0.15) is 12.8 Å². The zero-order valence-electron chi connectivity index (χ0n) is 12.3. The van der Waals surface area contributed by atoms with Crippen molar-refractivity contribution in [1.29, 1.82) is 0 Å². The van der Waals surface area contributed by atoms with Crippen LogP contribution in [-0.4, -0.2) is 32.1 Å². The third-order valence-corrected chi connectivity index (χ3v) is 3.60. The number of carbonyl (C=O) groups excluding carboxylic acids is 1. The van der Waals surface area contributed by atoms with E-state index in [1.54, 1.807) is 25.3 Å². The van der Waals surface area contributed by atoms with Crippen LogP contribution >= 0.6 is 36.4 Å². The second kappa shape index (κ2) is 10.0. The molecule has 1 fully saturated rings. The Labute approximate surface area is 148 Å². The minimum absolute atomic E-state index is 0. The van der Waals surface area contributed by atoms with Crippen molar-refractivity contribution in [3.8, 4) is 5.75 Å². The lowest BCUT2D eigenvalue weighted by Crippen LogP contribution is -2.40. The number of rotatable bonds is 7. The molecule has 1 amide bonds. The van der Waals surface area contributed by atoms with E-state index in [0.717, 1.165) is 0 Å². The summed E-state index contributed by atoms with van der Waals surface area (Å²) >= 11 is 5.92. The fraction of sp³-hybridized carbons (Fsp3) is 0.500. The SMILES string of the molecule is COc1ccc(Cl)cc1NCC(=O)NCC(N)C1CC1.Cl.Cl. The maximum atomic E-state index is 11.7. The lowest BCUT2D eigenvalue weighted by molar-refractivity contribution is -0.119. The summed E-state index contributed by atoms with van der Waals surface area (Å²) < 4.78 is 5.20. The van der Waals surface area contributed by atoms with Crippen molar-refractivity contribution in [2.75, 3.05) is 25.5 Å². The van der Waals surface area contributed by atoms with E-state index in [9.17, 15) is 4.79 Å². The second-order valence-corrected chi connectivity index (χ2v) is 5.44. The van der Waals surface area contributed by atoms with Gasteiger partial charge in [-0.15, -0.1) is 24.8 Å². The van der Waals surface area contributed by atoms with E-state index < -0.39 is 0 Å². The van der Waals surface area contributed by atoms with Crippen molar-refractivity contribution in [2.45, 2.75) is 18.9 Å². The highest BCUT2D eigenvalue weighted by atomic mass is 35.5. The van der Waals surface area contributed by atoms with Gasteiger partial charge in [-0.05, 0) is 37.0 Å². The Bertz CT molecular complexity index is 484. The summed E-state index contributed by atoms with van der Waals surface area (Å²) in [6.45, 7) is 0.686. The highest BCUT2D eigenvalue weighted by molar-refractivity contribution is 6.30. The van der Waals surface area contributed by atoms with Gasteiger partial charge in [0.2, 0.25) is 5.91 Å². The molecule has 1 atom stereocenters. The van der Waals surface area contributed by atoms with Gasteiger partial charge in [-0.2, -0.15) is 0 Å². The first-order valence-electron chi connectivity index (χ1n) is 6.70. The first kappa shape index (κ1) is 21.1. The van der Waals surface area contributed by atoms with Crippen molar-refractivity contribution >= 4 is 48.0 Å². The van der Waals surface area contributed by atoms with Gasteiger partial charge >= 0.3 is 0 Å². The van der Waals surface area contributed by atoms with Crippen LogP contribution in [0.25, 0.3) is 0 Å². The van der Waals surface area contributed by atoms with E-state index in [1.807, 2.05) is 0 Å². The maximum Gasteiger partial charge on any atom is 0.239 e. The number of carbonyl (C=O) groups is 1. The van der Waals surface area contributed by atoms with Crippen LogP contribution in [0.4, 0.5) is 5.69 Å². The Hall–Kier alpha value is -0.880. The van der Waals surface area contributed by atoms with Crippen LogP contribution in [0.2, 0.25) is 5.02 Å². The zero-order valence-corrected chi connectivity index (χ0v) is 14.7. The second-order valence-electron chi connectivity index (χ2n) is 5.00. The summed E-state index contributed by atoms with van der Waals surface area (Å²) in [6, 6.07) is 5.29. The van der Waals surface area contributed by atoms with Crippen LogP contribution in [0.15, 0.2) is 18.2 Å². The van der Waals surface area contributed by atoms with Gasteiger partial charge < -0.3 is 21.1 Å². The van der Waals surface area contributed by atoms with Crippen molar-refractivity contribution in [3.05, 3.63) is 23.2 Å². The largest absolute Gasteiger partial charge is 0.495 e. The summed E-state index contributed by atoms with van der Waals surface area (Å²) in [4.78, 5) is 11.7. The third-order valence-electron chi connectivity index (χ3n) is 3.36. The molecule has 1 aliphatic rings. The number of amides is 1. The number of ether oxygens (including phenoxy) is 1. The molecule has 0 heterocycles. The highest BCUT2D eigenvalue weighted by Gasteiger charge is 2.28. The predicted molar refractivity (Wildman–Crippen MR) is 94.7 cm³/mol. The summed E-state index contributed by atoms with van der Waals surface area (Å²) in [5.41, 5.74) is 6.62. The first-order valence-corrected chi connectivity index (χ1v) is 7.07. The van der Waals surface area contributed by atoms with Crippen LogP contribution in [-0.2, 0) is 4.79 Å². The monoisotopic (exact) mass is 369 g/mol. The quantitative estimate of drug-likeness (QED) is 0.689. The van der Waals surface area contributed by atoms with E-state index in [4.69, 9.17) is 22.1 Å². The molecule has 0 aliphatic heterocycles. The molecular weight excluding hydrogens is 349 g/mol. The number of nitrogens with two attached hydrogens (primary N) is 1. The fourth-order valence-corrected chi connectivity index (χ4v) is 2.15. The molecule has 0 aromatic heterocycles. The molecule has 126 valence electrons. The molecule has 0 spiro atoms. The summed E-state index contributed by atoms with van der Waals surface area (Å²) in [6.07, 6.45) is 2.35. The molecule has 1 aromatic carbocycles. The molecular formula is C14H22Cl3N3O2. The van der Waals surface area contributed by atoms with E-state index in [1.165, 1.54) is 12.8 Å². The number of hydrogen-bond donors (Lipinski definition) is 3. The number of nitrogens with one attached hydrogen (secondary N) is 2. The Kier molecular flexibility index (Phi) is 9.60. The summed E-state index contributed by atoms with van der Waals surface area (Å²) in [5, 5.41) is 6.42. The molecule has 1 saturated carbocycles. The Morgan fingerprint density at radius 3 is 2.73 bits per heavy atom. The molecule has 1 aliphatic carbocycles. The zero-order chi connectivity index (χ0) is 14.5. The molecule has 1 aromatic rings. The molecule has 1 unspecified atom stereocenters. The maximum absolute atomic E-state index is 11.7. The number of benzene rings is 1. The molecule has 0 saturated heterocycles. The molecule has 5 nitrogen and oxygen atoms in total. The Morgan fingerprint density at radius 2 is 2.14 bits per heavy atom. The Balaban J connectivity index is 0.00000220. The molecule has 4 N–H and O–H groups in total. The van der Waals surface area contributed by atoms with Crippen molar-refractivity contribution in [1.82, 2.24) is 5.32 Å². The van der Waals surface area contributed by atoms with Crippen molar-refractivity contribution < 1.29 is 9.53 Å². The van der Waals surface area contributed by atoms with Crippen molar-refractivity contribution in [2.24, 2.45) is 11.7 Å². The van der Waals surface area contributed by atoms with E-state index in [0.29, 0.717) is 28.9 Å². The Morgan fingerprint density at radius 1 is 1.45 bits per heavy atom. The lowest BCUT2D eigenvalue weighted by Gasteiger charge is -2.14. The molecule has 2 rings (SSSR count). The van der Waals surface area contributed by atoms with Crippen molar-refractivity contribution in [3.63, 3.8) is 0 Å². The average molecular weight is 371 g/mol. The third kappa shape index (κ3) is 6.48. The topological polar surface area (TPSA) is 76.4 Å². The number of halogens is 3. The van der Waals surface area contributed by atoms with Gasteiger partial charge in [0.15, 0.2) is 0 Å². The smallest absolute Gasteiger partial charge is 0.239 e. The molecule has 8 heteroatoms. The van der Waals surface area contributed by atoms with Crippen LogP contribution in [0, 0.1) is 5.92 Å². The number of hydrogen-bond acceptors (Lipinski definition) is 4. The lowest BCUT2D eigenvalue weighted by atomic mass is 10.2. The average Bonchev–Trinajstić information content (AvgIpc) is 3.27. The number of methoxy groups -OCH3 is 1. The van der Waals surface area contributed by atoms with E-state index in [-0.39, 0.29) is 43.3 Å². The van der Waals surface area contributed by atoms with E-state index >= 15 is 0 Å². The van der Waals surface area contributed by atoms with Gasteiger partial charge in [-0.25, -0.2) is 0 Å². The fourth-order valence-electron chi connectivity index (χ4n) is 1.98. The normalized spacial score (nSPS) is 14.1. The minimum atomic E-state index is -0.0943. The minimum Gasteiger partial charge on any atom is -0.495 e. The number of anilines is 1. The van der Waals surface area contributed by atoms with Crippen LogP contribution in [0.3, 0.4) is 0 Å². The van der Waals surface area contributed by atoms with Gasteiger partial charge in [-0.3, -0.25) is 4.79 Å². The van der Waals surface area contributed by atoms with Crippen LogP contribution in [0.5, 0.6) is 5.75 Å². The standard InChI is InChI=1S/C14H20ClN3O2.2ClH/c1-20-13-5-4-10(15)6-12(13)17-8-14(19)18-7-11(16)9-2-3-9;;/h4-6,9,11,17H,2-3,7-8,16H2,1H3,(H,18,19);2*1H. The highest BCUT2D eigenvalue weighted by Crippen LogP contribution is 2.31. The molecule has 22 heavy (non-hydrogen) atoms. The summed E-state index contributed by atoms with van der Waals surface area (Å²) in [5.74, 6) is 1.14. The summed E-state index contributed by atoms with van der Waals surface area (Å²) in [7, 11) is 1.57. The van der Waals surface area contributed by atoms with Gasteiger partial charge in [-0.1, -0.05) is 11.6 Å². The van der Waals surface area contributed by atoms with Crippen LogP contribution < -0.4 is 21.1 Å². The van der Waals surface area contributed by atoms with E-state index in [2.05, 4.69) is 10.6 Å². The first-order chi connectivity index (χ1) is 9.60. The van der Waals surface area contributed by atoms with Gasteiger partial charge in [0, 0.05) is 17.6 Å². The van der Waals surface area contributed by atoms with Gasteiger partial charge in [0.1, 0.15) is 5.75 Å². The van der Waals surface area contributed by atoms with Gasteiger partial charge in [0.25, 0.3) is 0 Å². The van der Waals surface area contributed by atoms with Gasteiger partial charge in [0.05, 0.1) is 19.3 Å². The predicted octanol–water partition coefficient (Wildman–Crippen LogP) is 2.46. The molecule has 0 bridgehead atoms.